The van der Waals surface area contributed by atoms with Gasteiger partial charge in [0.1, 0.15) is 0 Å². The van der Waals surface area contributed by atoms with Crippen molar-refractivity contribution in [2.45, 2.75) is 13.8 Å². The van der Waals surface area contributed by atoms with Crippen molar-refractivity contribution in [2.24, 2.45) is 0 Å². The molecule has 0 saturated heterocycles. The molecule has 0 fully saturated rings. The van der Waals surface area contributed by atoms with Crippen molar-refractivity contribution in [3.63, 3.8) is 0 Å². The van der Waals surface area contributed by atoms with Crippen molar-refractivity contribution in [1.29, 1.82) is 0 Å². The standard InChI is InChI=1S/C6H10OS2/c1-4-8-9-6(7)5(2)3/h2,4H2,1,3H3. The predicted octanol–water partition coefficient (Wildman–Crippen LogP) is 2.49. The van der Waals surface area contributed by atoms with Crippen LogP contribution in [0.15, 0.2) is 12.2 Å². The maximum absolute atomic E-state index is 10.7. The van der Waals surface area contributed by atoms with E-state index in [0.717, 1.165) is 5.75 Å². The fourth-order valence-corrected chi connectivity index (χ4v) is 1.65. The molecule has 3 heteroatoms. The largest absolute Gasteiger partial charge is 0.281 e. The zero-order chi connectivity index (χ0) is 7.28. The highest BCUT2D eigenvalue weighted by molar-refractivity contribution is 8.82. The second kappa shape index (κ2) is 4.94. The van der Waals surface area contributed by atoms with Crippen LogP contribution in [0, 0.1) is 0 Å². The molecule has 0 N–H and O–H groups in total. The molecule has 0 aliphatic rings. The summed E-state index contributed by atoms with van der Waals surface area (Å²) >= 11 is 0. The van der Waals surface area contributed by atoms with Crippen molar-refractivity contribution in [3.8, 4) is 0 Å². The summed E-state index contributed by atoms with van der Waals surface area (Å²) in [5.74, 6) is 0.962. The molecule has 9 heavy (non-hydrogen) atoms. The molecule has 0 atom stereocenters. The Balaban J connectivity index is 3.39. The van der Waals surface area contributed by atoms with Crippen LogP contribution >= 0.6 is 21.6 Å². The molecule has 0 aromatic carbocycles. The van der Waals surface area contributed by atoms with Gasteiger partial charge in [-0.1, -0.05) is 24.3 Å². The van der Waals surface area contributed by atoms with E-state index in [-0.39, 0.29) is 5.12 Å². The molecule has 0 spiro atoms. The first-order valence-corrected chi connectivity index (χ1v) is 4.99. The summed E-state index contributed by atoms with van der Waals surface area (Å²) in [5, 5.41) is 0.0850. The zero-order valence-electron chi connectivity index (χ0n) is 5.64. The Morgan fingerprint density at radius 1 is 1.67 bits per heavy atom. The Bertz CT molecular complexity index is 120. The summed E-state index contributed by atoms with van der Waals surface area (Å²) in [7, 11) is 2.81. The maximum atomic E-state index is 10.7. The summed E-state index contributed by atoms with van der Waals surface area (Å²) in [4.78, 5) is 10.7. The molecule has 0 aromatic heterocycles. The van der Waals surface area contributed by atoms with Crippen LogP contribution in [0.4, 0.5) is 0 Å². The molecule has 0 rings (SSSR count). The molecular weight excluding hydrogens is 152 g/mol. The molecule has 0 saturated carbocycles. The lowest BCUT2D eigenvalue weighted by Crippen LogP contribution is -1.87. The summed E-state index contributed by atoms with van der Waals surface area (Å²) in [6, 6.07) is 0. The molecule has 0 radical (unpaired) electrons. The molecular formula is C6H10OS2. The van der Waals surface area contributed by atoms with Crippen molar-refractivity contribution < 1.29 is 4.79 Å². The highest BCUT2D eigenvalue weighted by Gasteiger charge is 2.00. The topological polar surface area (TPSA) is 17.1 Å². The Hall–Kier alpha value is 0.110. The summed E-state index contributed by atoms with van der Waals surface area (Å²) < 4.78 is 0. The number of hydrogen-bond acceptors (Lipinski definition) is 3. The van der Waals surface area contributed by atoms with Gasteiger partial charge in [0.05, 0.1) is 0 Å². The Morgan fingerprint density at radius 2 is 2.22 bits per heavy atom. The van der Waals surface area contributed by atoms with Gasteiger partial charge in [-0.05, 0) is 23.3 Å². The first-order valence-electron chi connectivity index (χ1n) is 2.67. The Labute approximate surface area is 63.7 Å². The van der Waals surface area contributed by atoms with Gasteiger partial charge in [0, 0.05) is 5.75 Å². The fraction of sp³-hybridized carbons (Fsp3) is 0.500. The molecule has 0 heterocycles. The van der Waals surface area contributed by atoms with Gasteiger partial charge in [0.25, 0.3) is 0 Å². The predicted molar refractivity (Wildman–Crippen MR) is 45.5 cm³/mol. The third-order valence-electron chi connectivity index (χ3n) is 0.601. The Morgan fingerprint density at radius 3 is 2.56 bits per heavy atom. The molecule has 0 bridgehead atoms. The van der Waals surface area contributed by atoms with Crippen molar-refractivity contribution >= 4 is 26.7 Å². The summed E-state index contributed by atoms with van der Waals surface area (Å²) in [6.07, 6.45) is 0. The molecule has 0 unspecified atom stereocenters. The van der Waals surface area contributed by atoms with Crippen LogP contribution in [0.5, 0.6) is 0 Å². The first-order chi connectivity index (χ1) is 4.18. The normalized spacial score (nSPS) is 9.11. The number of rotatable bonds is 3. The van der Waals surface area contributed by atoms with E-state index in [9.17, 15) is 4.79 Å². The van der Waals surface area contributed by atoms with E-state index in [1.165, 1.54) is 10.8 Å². The average Bonchev–Trinajstić information content (AvgIpc) is 1.82. The molecule has 0 amide bonds. The van der Waals surface area contributed by atoms with Crippen LogP contribution in [0.25, 0.3) is 0 Å². The van der Waals surface area contributed by atoms with E-state index in [2.05, 4.69) is 6.58 Å². The summed E-state index contributed by atoms with van der Waals surface area (Å²) in [5.41, 5.74) is 0.626. The minimum Gasteiger partial charge on any atom is -0.281 e. The first kappa shape index (κ1) is 9.11. The van der Waals surface area contributed by atoms with Gasteiger partial charge < -0.3 is 0 Å². The van der Waals surface area contributed by atoms with Crippen LogP contribution in [0.3, 0.4) is 0 Å². The van der Waals surface area contributed by atoms with Gasteiger partial charge in [-0.25, -0.2) is 0 Å². The lowest BCUT2D eigenvalue weighted by atomic mass is 10.4. The second-order valence-corrected chi connectivity index (χ2v) is 4.12. The van der Waals surface area contributed by atoms with Gasteiger partial charge in [-0.2, -0.15) is 0 Å². The highest BCUT2D eigenvalue weighted by Crippen LogP contribution is 2.23. The maximum Gasteiger partial charge on any atom is 0.224 e. The molecule has 1 nitrogen and oxygen atoms in total. The molecule has 52 valence electrons. The van der Waals surface area contributed by atoms with Crippen LogP contribution < -0.4 is 0 Å². The van der Waals surface area contributed by atoms with Crippen molar-refractivity contribution in [3.05, 3.63) is 12.2 Å². The third-order valence-corrected chi connectivity index (χ3v) is 2.97. The zero-order valence-corrected chi connectivity index (χ0v) is 7.27. The number of hydrogen-bond donors (Lipinski definition) is 0. The van der Waals surface area contributed by atoms with Gasteiger partial charge in [0.2, 0.25) is 5.12 Å². The van der Waals surface area contributed by atoms with Gasteiger partial charge in [-0.15, -0.1) is 0 Å². The van der Waals surface area contributed by atoms with Gasteiger partial charge in [-0.3, -0.25) is 4.79 Å². The quantitative estimate of drug-likeness (QED) is 0.469. The van der Waals surface area contributed by atoms with E-state index in [1.807, 2.05) is 6.92 Å². The van der Waals surface area contributed by atoms with E-state index in [4.69, 9.17) is 0 Å². The lowest BCUT2D eigenvalue weighted by molar-refractivity contribution is -0.107. The SMILES string of the molecule is C=C(C)C(=O)SSCC. The lowest BCUT2D eigenvalue weighted by Gasteiger charge is -1.93. The smallest absolute Gasteiger partial charge is 0.224 e. The minimum absolute atomic E-state index is 0.0850. The monoisotopic (exact) mass is 162 g/mol. The number of carbonyl (C=O) groups is 1. The third kappa shape index (κ3) is 4.60. The van der Waals surface area contributed by atoms with Crippen molar-refractivity contribution in [2.75, 3.05) is 5.75 Å². The van der Waals surface area contributed by atoms with E-state index in [0.29, 0.717) is 5.57 Å². The minimum atomic E-state index is 0.0850. The molecule has 0 aliphatic carbocycles. The van der Waals surface area contributed by atoms with Crippen molar-refractivity contribution in [1.82, 2.24) is 0 Å². The van der Waals surface area contributed by atoms with Crippen LogP contribution in [-0.4, -0.2) is 10.9 Å². The average molecular weight is 162 g/mol. The van der Waals surface area contributed by atoms with E-state index >= 15 is 0 Å². The van der Waals surface area contributed by atoms with Crippen LogP contribution in [-0.2, 0) is 4.79 Å². The van der Waals surface area contributed by atoms with Crippen LogP contribution in [0.2, 0.25) is 0 Å². The second-order valence-electron chi connectivity index (χ2n) is 1.56. The van der Waals surface area contributed by atoms with Crippen LogP contribution in [0.1, 0.15) is 13.8 Å². The van der Waals surface area contributed by atoms with Gasteiger partial charge in [0.15, 0.2) is 0 Å². The highest BCUT2D eigenvalue weighted by atomic mass is 33.1. The fourth-order valence-electron chi connectivity index (χ4n) is 0.184. The van der Waals surface area contributed by atoms with E-state index < -0.39 is 0 Å². The van der Waals surface area contributed by atoms with E-state index in [1.54, 1.807) is 17.7 Å². The molecule has 0 aliphatic heterocycles. The number of carbonyl (C=O) groups excluding carboxylic acids is 1. The van der Waals surface area contributed by atoms with Gasteiger partial charge >= 0.3 is 0 Å². The Kier molecular flexibility index (Phi) is 5.00. The summed E-state index contributed by atoms with van der Waals surface area (Å²) in [6.45, 7) is 7.27. The molecule has 0 aromatic rings.